The van der Waals surface area contributed by atoms with Gasteiger partial charge in [-0.25, -0.2) is 0 Å². The largest absolute Gasteiger partial charge is 0.481 e. The highest BCUT2D eigenvalue weighted by atomic mass is 16.5. The van der Waals surface area contributed by atoms with Gasteiger partial charge in [-0.1, -0.05) is 95.0 Å². The van der Waals surface area contributed by atoms with Crippen molar-refractivity contribution in [1.82, 2.24) is 0 Å². The molecule has 0 aromatic heterocycles. The lowest BCUT2D eigenvalue weighted by molar-refractivity contribution is -0.137. The Labute approximate surface area is 177 Å². The predicted octanol–water partition coefficient (Wildman–Crippen LogP) is 6.50. The minimum absolute atomic E-state index is 0.0650. The molecule has 0 spiro atoms. The van der Waals surface area contributed by atoms with E-state index in [0.717, 1.165) is 32.1 Å². The number of benzene rings is 1. The summed E-state index contributed by atoms with van der Waals surface area (Å²) in [4.78, 5) is 10.5. The molecule has 1 rings (SSSR count). The van der Waals surface area contributed by atoms with Crippen LogP contribution >= 0.6 is 0 Å². The topological polar surface area (TPSA) is 66.8 Å². The lowest BCUT2D eigenvalue weighted by atomic mass is 10.0. The molecule has 0 saturated carbocycles. The fraction of sp³-hybridized carbons (Fsp3) is 0.720. The molecule has 0 fully saturated rings. The summed E-state index contributed by atoms with van der Waals surface area (Å²) in [5, 5.41) is 18.3. The maximum absolute atomic E-state index is 10.5. The number of hydrogen-bond donors (Lipinski definition) is 2. The van der Waals surface area contributed by atoms with Crippen LogP contribution in [0.4, 0.5) is 0 Å². The first kappa shape index (κ1) is 25.6. The molecule has 0 heterocycles. The standard InChI is InChI=1S/C25H42O4/c1-2-3-17-24(29-21-22-14-10-9-11-15-22)18-13-8-6-4-5-7-12-16-23(26)19-20-25(27)28/h9-11,14-15,23-24,26H,2-8,12-13,16-21H2,1H3,(H,27,28). The van der Waals surface area contributed by atoms with E-state index in [1.165, 1.54) is 50.5 Å². The minimum atomic E-state index is -0.827. The van der Waals surface area contributed by atoms with E-state index >= 15 is 0 Å². The van der Waals surface area contributed by atoms with Gasteiger partial charge in [0.05, 0.1) is 18.8 Å². The van der Waals surface area contributed by atoms with Crippen LogP contribution in [0.1, 0.15) is 102 Å². The number of hydrogen-bond acceptors (Lipinski definition) is 3. The number of carboxylic acid groups (broad SMARTS) is 1. The number of carboxylic acids is 1. The Morgan fingerprint density at radius 3 is 2.07 bits per heavy atom. The average molecular weight is 407 g/mol. The SMILES string of the molecule is CCCCC(CCCCCCCCCC(O)CCC(=O)O)OCc1ccccc1. The number of aliphatic hydroxyl groups excluding tert-OH is 1. The summed E-state index contributed by atoms with van der Waals surface area (Å²) in [6, 6.07) is 10.4. The van der Waals surface area contributed by atoms with Crippen LogP contribution in [-0.2, 0) is 16.1 Å². The Kier molecular flexibility index (Phi) is 15.4. The summed E-state index contributed by atoms with van der Waals surface area (Å²) in [6.07, 6.45) is 14.2. The third-order valence-electron chi connectivity index (χ3n) is 5.46. The molecule has 0 amide bonds. The Morgan fingerprint density at radius 2 is 1.45 bits per heavy atom. The summed E-state index contributed by atoms with van der Waals surface area (Å²) < 4.78 is 6.19. The van der Waals surface area contributed by atoms with Crippen molar-refractivity contribution >= 4 is 5.97 Å². The molecule has 2 N–H and O–H groups in total. The van der Waals surface area contributed by atoms with Gasteiger partial charge in [0.1, 0.15) is 0 Å². The molecule has 1 aromatic carbocycles. The molecular formula is C25H42O4. The molecule has 4 nitrogen and oxygen atoms in total. The van der Waals surface area contributed by atoms with Crippen molar-refractivity contribution in [1.29, 1.82) is 0 Å². The highest BCUT2D eigenvalue weighted by Crippen LogP contribution is 2.17. The average Bonchev–Trinajstić information content (AvgIpc) is 2.73. The van der Waals surface area contributed by atoms with Crippen LogP contribution < -0.4 is 0 Å². The van der Waals surface area contributed by atoms with Crippen LogP contribution in [0.5, 0.6) is 0 Å². The summed E-state index contributed by atoms with van der Waals surface area (Å²) in [7, 11) is 0. The third-order valence-corrected chi connectivity index (χ3v) is 5.46. The Morgan fingerprint density at radius 1 is 0.862 bits per heavy atom. The normalized spacial score (nSPS) is 13.3. The first-order valence-electron chi connectivity index (χ1n) is 11.7. The number of aliphatic hydroxyl groups is 1. The van der Waals surface area contributed by atoms with E-state index in [1.807, 2.05) is 6.07 Å². The van der Waals surface area contributed by atoms with Gasteiger partial charge in [-0.3, -0.25) is 4.79 Å². The zero-order valence-electron chi connectivity index (χ0n) is 18.4. The van der Waals surface area contributed by atoms with Gasteiger partial charge in [0, 0.05) is 6.42 Å². The van der Waals surface area contributed by atoms with E-state index in [-0.39, 0.29) is 6.42 Å². The fourth-order valence-corrected chi connectivity index (χ4v) is 3.60. The summed E-state index contributed by atoms with van der Waals surface area (Å²) >= 11 is 0. The minimum Gasteiger partial charge on any atom is -0.481 e. The summed E-state index contributed by atoms with van der Waals surface area (Å²) in [6.45, 7) is 2.95. The van der Waals surface area contributed by atoms with Crippen LogP contribution in [0.2, 0.25) is 0 Å². The van der Waals surface area contributed by atoms with E-state index in [0.29, 0.717) is 19.1 Å². The van der Waals surface area contributed by atoms with Crippen molar-refractivity contribution < 1.29 is 19.7 Å². The molecule has 166 valence electrons. The molecule has 0 aliphatic carbocycles. The predicted molar refractivity (Wildman–Crippen MR) is 119 cm³/mol. The van der Waals surface area contributed by atoms with Gasteiger partial charge >= 0.3 is 5.97 Å². The van der Waals surface area contributed by atoms with Crippen molar-refractivity contribution in [3.63, 3.8) is 0 Å². The third kappa shape index (κ3) is 15.2. The van der Waals surface area contributed by atoms with Crippen LogP contribution in [0.3, 0.4) is 0 Å². The quantitative estimate of drug-likeness (QED) is 0.257. The van der Waals surface area contributed by atoms with Crippen LogP contribution in [-0.4, -0.2) is 28.4 Å². The second-order valence-electron chi connectivity index (χ2n) is 8.20. The molecule has 0 bridgehead atoms. The molecular weight excluding hydrogens is 364 g/mol. The summed E-state index contributed by atoms with van der Waals surface area (Å²) in [5.74, 6) is -0.827. The van der Waals surface area contributed by atoms with Gasteiger partial charge in [0.25, 0.3) is 0 Å². The Balaban J connectivity index is 2.03. The van der Waals surface area contributed by atoms with Crippen LogP contribution in [0.15, 0.2) is 30.3 Å². The fourth-order valence-electron chi connectivity index (χ4n) is 3.60. The molecule has 29 heavy (non-hydrogen) atoms. The molecule has 2 atom stereocenters. The zero-order chi connectivity index (χ0) is 21.2. The Hall–Kier alpha value is -1.39. The first-order valence-corrected chi connectivity index (χ1v) is 11.7. The van der Waals surface area contributed by atoms with E-state index < -0.39 is 12.1 Å². The molecule has 0 aliphatic heterocycles. The molecule has 0 radical (unpaired) electrons. The Bertz CT molecular complexity index is 503. The lowest BCUT2D eigenvalue weighted by Gasteiger charge is -2.18. The molecule has 1 aromatic rings. The highest BCUT2D eigenvalue weighted by Gasteiger charge is 2.09. The van der Waals surface area contributed by atoms with E-state index in [9.17, 15) is 9.90 Å². The molecule has 0 aliphatic rings. The van der Waals surface area contributed by atoms with Crippen molar-refractivity contribution in [3.8, 4) is 0 Å². The van der Waals surface area contributed by atoms with E-state index in [1.54, 1.807) is 0 Å². The molecule has 4 heteroatoms. The maximum Gasteiger partial charge on any atom is 0.303 e. The highest BCUT2D eigenvalue weighted by molar-refractivity contribution is 5.66. The van der Waals surface area contributed by atoms with Gasteiger partial charge in [-0.2, -0.15) is 0 Å². The summed E-state index contributed by atoms with van der Waals surface area (Å²) in [5.41, 5.74) is 1.25. The van der Waals surface area contributed by atoms with Gasteiger partial charge < -0.3 is 14.9 Å². The van der Waals surface area contributed by atoms with E-state index in [4.69, 9.17) is 9.84 Å². The van der Waals surface area contributed by atoms with Crippen LogP contribution in [0.25, 0.3) is 0 Å². The monoisotopic (exact) mass is 406 g/mol. The second-order valence-corrected chi connectivity index (χ2v) is 8.20. The maximum atomic E-state index is 10.5. The number of rotatable bonds is 19. The molecule has 2 unspecified atom stereocenters. The second kappa shape index (κ2) is 17.5. The van der Waals surface area contributed by atoms with Crippen molar-refractivity contribution in [2.45, 2.75) is 116 Å². The first-order chi connectivity index (χ1) is 14.1. The number of unbranched alkanes of at least 4 members (excludes halogenated alkanes) is 7. The van der Waals surface area contributed by atoms with Crippen LogP contribution in [0, 0.1) is 0 Å². The zero-order valence-corrected chi connectivity index (χ0v) is 18.4. The number of aliphatic carboxylic acids is 1. The van der Waals surface area contributed by atoms with Gasteiger partial charge in [0.15, 0.2) is 0 Å². The molecule has 0 saturated heterocycles. The van der Waals surface area contributed by atoms with Gasteiger partial charge in [0.2, 0.25) is 0 Å². The smallest absolute Gasteiger partial charge is 0.303 e. The van der Waals surface area contributed by atoms with E-state index in [2.05, 4.69) is 31.2 Å². The van der Waals surface area contributed by atoms with Gasteiger partial charge in [-0.05, 0) is 31.2 Å². The van der Waals surface area contributed by atoms with Gasteiger partial charge in [-0.15, -0.1) is 0 Å². The number of ether oxygens (including phenoxy) is 1. The van der Waals surface area contributed by atoms with Crippen molar-refractivity contribution in [2.75, 3.05) is 0 Å². The van der Waals surface area contributed by atoms with Crippen molar-refractivity contribution in [3.05, 3.63) is 35.9 Å². The lowest BCUT2D eigenvalue weighted by Crippen LogP contribution is -2.13. The number of carbonyl (C=O) groups is 1. The van der Waals surface area contributed by atoms with Crippen molar-refractivity contribution in [2.24, 2.45) is 0 Å².